The van der Waals surface area contributed by atoms with Gasteiger partial charge in [-0.3, -0.25) is 4.99 Å². The number of benzene rings is 1. The van der Waals surface area contributed by atoms with Crippen LogP contribution in [0, 0.1) is 0 Å². The number of para-hydroxylation sites is 2. The molecule has 1 aromatic rings. The molecule has 1 unspecified atom stereocenters. The van der Waals surface area contributed by atoms with Gasteiger partial charge in [0, 0.05) is 17.7 Å². The molecule has 0 aromatic heterocycles. The van der Waals surface area contributed by atoms with Crippen LogP contribution in [0.4, 0.5) is 5.69 Å². The molecular formula is C15H18BrClN2O. The maximum Gasteiger partial charge on any atom is 0.201 e. The molecule has 108 valence electrons. The minimum atomic E-state index is -0.418. The average molecular weight is 358 g/mol. The zero-order valence-electron chi connectivity index (χ0n) is 11.2. The molecule has 0 bridgehead atoms. The van der Waals surface area contributed by atoms with Crippen LogP contribution < -0.4 is 9.64 Å². The highest BCUT2D eigenvalue weighted by Crippen LogP contribution is 2.32. The summed E-state index contributed by atoms with van der Waals surface area (Å²) in [5.41, 5.74) is 0.527. The van der Waals surface area contributed by atoms with Crippen molar-refractivity contribution in [2.45, 2.75) is 24.9 Å². The van der Waals surface area contributed by atoms with Crippen LogP contribution in [0.2, 0.25) is 0 Å². The van der Waals surface area contributed by atoms with Gasteiger partial charge in [0.25, 0.3) is 0 Å². The van der Waals surface area contributed by atoms with E-state index in [1.807, 2.05) is 41.4 Å². The molecule has 0 fully saturated rings. The van der Waals surface area contributed by atoms with Crippen molar-refractivity contribution in [2.75, 3.05) is 16.8 Å². The number of ether oxygens (including phenoxy) is 1. The van der Waals surface area contributed by atoms with Crippen LogP contribution >= 0.6 is 27.5 Å². The van der Waals surface area contributed by atoms with E-state index >= 15 is 0 Å². The van der Waals surface area contributed by atoms with Crippen molar-refractivity contribution in [3.05, 3.63) is 36.5 Å². The minimum Gasteiger partial charge on any atom is -0.491 e. The van der Waals surface area contributed by atoms with Crippen molar-refractivity contribution in [2.24, 2.45) is 4.99 Å². The van der Waals surface area contributed by atoms with Gasteiger partial charge in [-0.25, -0.2) is 0 Å². The van der Waals surface area contributed by atoms with E-state index in [1.54, 1.807) is 6.21 Å². The first-order valence-electron chi connectivity index (χ1n) is 6.73. The molecule has 1 aromatic carbocycles. The number of rotatable bonds is 7. The summed E-state index contributed by atoms with van der Waals surface area (Å²) in [5, 5.41) is 1.05. The molecule has 0 N–H and O–H groups in total. The zero-order valence-corrected chi connectivity index (χ0v) is 13.6. The van der Waals surface area contributed by atoms with E-state index in [0.717, 1.165) is 29.8 Å². The third kappa shape index (κ3) is 4.25. The maximum atomic E-state index is 6.21. The first-order chi connectivity index (χ1) is 9.83. The molecule has 3 nitrogen and oxygen atoms in total. The summed E-state index contributed by atoms with van der Waals surface area (Å²) in [6.45, 7) is 0.720. The fraction of sp³-hybridized carbons (Fsp3) is 0.400. The Labute approximate surface area is 133 Å². The van der Waals surface area contributed by atoms with Crippen molar-refractivity contribution in [3.63, 3.8) is 0 Å². The Bertz CT molecular complexity index is 479. The van der Waals surface area contributed by atoms with Gasteiger partial charge in [0.05, 0.1) is 12.3 Å². The van der Waals surface area contributed by atoms with Gasteiger partial charge in [0.15, 0.2) is 0 Å². The molecule has 0 saturated carbocycles. The summed E-state index contributed by atoms with van der Waals surface area (Å²) in [6, 6.07) is 7.91. The molecule has 2 rings (SSSR count). The van der Waals surface area contributed by atoms with Crippen LogP contribution in [0.1, 0.15) is 19.3 Å². The largest absolute Gasteiger partial charge is 0.491 e. The monoisotopic (exact) mass is 356 g/mol. The van der Waals surface area contributed by atoms with Crippen LogP contribution in [-0.2, 0) is 0 Å². The Kier molecular flexibility index (Phi) is 6.40. The number of hydrogen-bond acceptors (Lipinski definition) is 3. The number of nitrogens with zero attached hydrogens (tertiary/aromatic N) is 2. The number of allylic oxidation sites excluding steroid dienone is 1. The molecular weight excluding hydrogens is 340 g/mol. The van der Waals surface area contributed by atoms with Crippen molar-refractivity contribution in [3.8, 4) is 5.75 Å². The fourth-order valence-electron chi connectivity index (χ4n) is 1.94. The lowest BCUT2D eigenvalue weighted by molar-refractivity contribution is 0.307. The predicted molar refractivity (Wildman–Crippen MR) is 89.3 cm³/mol. The first-order valence-corrected chi connectivity index (χ1v) is 8.29. The number of alkyl halides is 2. The summed E-state index contributed by atoms with van der Waals surface area (Å²) in [7, 11) is 0. The number of anilines is 1. The number of hydrogen-bond donors (Lipinski definition) is 0. The molecule has 1 heterocycles. The van der Waals surface area contributed by atoms with Crippen LogP contribution in [0.25, 0.3) is 0 Å². The lowest BCUT2D eigenvalue weighted by atomic mass is 10.2. The van der Waals surface area contributed by atoms with Crippen LogP contribution in [0.3, 0.4) is 0 Å². The second kappa shape index (κ2) is 8.32. The van der Waals surface area contributed by atoms with E-state index in [-0.39, 0.29) is 0 Å². The van der Waals surface area contributed by atoms with Crippen LogP contribution in [0.15, 0.2) is 41.5 Å². The van der Waals surface area contributed by atoms with E-state index < -0.39 is 5.62 Å². The molecule has 1 aliphatic rings. The summed E-state index contributed by atoms with van der Waals surface area (Å²) in [6.07, 6.45) is 8.89. The zero-order chi connectivity index (χ0) is 14.2. The minimum absolute atomic E-state index is 0.418. The van der Waals surface area contributed by atoms with Crippen molar-refractivity contribution < 1.29 is 4.74 Å². The van der Waals surface area contributed by atoms with E-state index in [9.17, 15) is 0 Å². The second-order valence-corrected chi connectivity index (χ2v) is 5.61. The van der Waals surface area contributed by atoms with Gasteiger partial charge in [-0.1, -0.05) is 39.7 Å². The number of halogens is 2. The van der Waals surface area contributed by atoms with Gasteiger partial charge in [0.2, 0.25) is 5.62 Å². The Morgan fingerprint density at radius 2 is 2.10 bits per heavy atom. The van der Waals surface area contributed by atoms with Gasteiger partial charge in [0.1, 0.15) is 5.75 Å². The molecule has 5 heteroatoms. The third-order valence-corrected chi connectivity index (χ3v) is 3.83. The fourth-order valence-corrected chi connectivity index (χ4v) is 2.57. The van der Waals surface area contributed by atoms with Crippen molar-refractivity contribution >= 4 is 39.4 Å². The summed E-state index contributed by atoms with van der Waals surface area (Å²) < 4.78 is 5.88. The highest BCUT2D eigenvalue weighted by atomic mass is 79.9. The van der Waals surface area contributed by atoms with Crippen molar-refractivity contribution in [1.29, 1.82) is 0 Å². The Morgan fingerprint density at radius 3 is 2.90 bits per heavy atom. The molecule has 0 radical (unpaired) electrons. The standard InChI is InChI=1S/C15H18BrClN2O/c16-9-4-1-5-12-20-14-8-3-2-7-13(14)19-11-6-10-18-15(19)17/h2-3,6-8,10-11,15H,1,4-5,9,12H2. The third-order valence-electron chi connectivity index (χ3n) is 2.95. The number of aliphatic imine (C=N–C) groups is 1. The molecule has 0 spiro atoms. The van der Waals surface area contributed by atoms with Crippen molar-refractivity contribution in [1.82, 2.24) is 0 Å². The van der Waals surface area contributed by atoms with E-state index in [0.29, 0.717) is 0 Å². The molecule has 1 atom stereocenters. The van der Waals surface area contributed by atoms with Gasteiger partial charge in [-0.15, -0.1) is 0 Å². The SMILES string of the molecule is ClC1N=CC=CN1c1ccccc1OCCCCCBr. The van der Waals surface area contributed by atoms with Gasteiger partial charge < -0.3 is 9.64 Å². The Morgan fingerprint density at radius 1 is 1.25 bits per heavy atom. The smallest absolute Gasteiger partial charge is 0.201 e. The summed E-state index contributed by atoms with van der Waals surface area (Å²) >= 11 is 9.64. The van der Waals surface area contributed by atoms with Gasteiger partial charge in [-0.05, 0) is 37.5 Å². The maximum absolute atomic E-state index is 6.21. The van der Waals surface area contributed by atoms with E-state index in [2.05, 4.69) is 20.9 Å². The summed E-state index contributed by atoms with van der Waals surface area (Å²) in [4.78, 5) is 6.07. The normalized spacial score (nSPS) is 17.5. The summed E-state index contributed by atoms with van der Waals surface area (Å²) in [5.74, 6) is 0.846. The van der Waals surface area contributed by atoms with E-state index in [4.69, 9.17) is 16.3 Å². The predicted octanol–water partition coefficient (Wildman–Crippen LogP) is 4.56. The average Bonchev–Trinajstić information content (AvgIpc) is 2.48. The quantitative estimate of drug-likeness (QED) is 0.406. The Balaban J connectivity index is 1.99. The molecule has 20 heavy (non-hydrogen) atoms. The topological polar surface area (TPSA) is 24.8 Å². The molecule has 1 aliphatic heterocycles. The second-order valence-electron chi connectivity index (χ2n) is 4.42. The van der Waals surface area contributed by atoms with Gasteiger partial charge >= 0.3 is 0 Å². The first kappa shape index (κ1) is 15.4. The highest BCUT2D eigenvalue weighted by molar-refractivity contribution is 9.09. The molecule has 0 amide bonds. The number of unbranched alkanes of at least 4 members (excludes halogenated alkanes) is 2. The highest BCUT2D eigenvalue weighted by Gasteiger charge is 2.17. The van der Waals surface area contributed by atoms with Gasteiger partial charge in [-0.2, -0.15) is 0 Å². The van der Waals surface area contributed by atoms with Crippen LogP contribution in [-0.4, -0.2) is 23.8 Å². The molecule has 0 saturated heterocycles. The lowest BCUT2D eigenvalue weighted by Gasteiger charge is -2.26. The molecule has 0 aliphatic carbocycles. The van der Waals surface area contributed by atoms with Crippen LogP contribution in [0.5, 0.6) is 5.75 Å². The van der Waals surface area contributed by atoms with E-state index in [1.165, 1.54) is 12.8 Å². The Hall–Kier alpha value is -1.000. The lowest BCUT2D eigenvalue weighted by Crippen LogP contribution is -2.26.